The molecule has 0 aliphatic carbocycles. The molecule has 36 heavy (non-hydrogen) atoms. The topological polar surface area (TPSA) is 162 Å². The van der Waals surface area contributed by atoms with Gasteiger partial charge in [0.05, 0.1) is 22.4 Å². The van der Waals surface area contributed by atoms with Crippen molar-refractivity contribution < 1.29 is 19.1 Å². The lowest BCUT2D eigenvalue weighted by Crippen LogP contribution is -2.29. The van der Waals surface area contributed by atoms with Gasteiger partial charge >= 0.3 is 11.9 Å². The van der Waals surface area contributed by atoms with E-state index in [-0.39, 0.29) is 25.9 Å². The van der Waals surface area contributed by atoms with E-state index in [1.807, 2.05) is 12.1 Å². The molecule has 0 fully saturated rings. The van der Waals surface area contributed by atoms with Gasteiger partial charge in [0.25, 0.3) is 0 Å². The fraction of sp³-hybridized carbons (Fsp3) is 0.250. The van der Waals surface area contributed by atoms with Gasteiger partial charge in [-0.3, -0.25) is 10.2 Å². The highest BCUT2D eigenvalue weighted by Crippen LogP contribution is 2.23. The van der Waals surface area contributed by atoms with Crippen molar-refractivity contribution in [3.8, 4) is 0 Å². The van der Waals surface area contributed by atoms with Gasteiger partial charge in [0, 0.05) is 58.9 Å². The Morgan fingerprint density at radius 1 is 0.806 bits per heavy atom. The number of nitrogens with one attached hydrogen (secondary N) is 2. The number of benzene rings is 2. The molecule has 188 valence electrons. The van der Waals surface area contributed by atoms with Crippen LogP contribution in [0, 0.1) is 0 Å². The van der Waals surface area contributed by atoms with Crippen LogP contribution in [0.4, 0.5) is 0 Å². The number of hydrogen-bond donors (Lipinski definition) is 4. The summed E-state index contributed by atoms with van der Waals surface area (Å²) >= 11 is 12.1. The molecule has 0 aliphatic heterocycles. The van der Waals surface area contributed by atoms with Crippen LogP contribution in [0.25, 0.3) is 21.8 Å². The summed E-state index contributed by atoms with van der Waals surface area (Å²) in [5.74, 6) is -1.48. The Morgan fingerprint density at radius 2 is 1.22 bits per heavy atom. The van der Waals surface area contributed by atoms with E-state index in [2.05, 4.69) is 20.4 Å². The molecular weight excluding hydrogens is 507 g/mol. The summed E-state index contributed by atoms with van der Waals surface area (Å²) in [5, 5.41) is 17.1. The van der Waals surface area contributed by atoms with Gasteiger partial charge in [0.2, 0.25) is 0 Å². The molecule has 10 nitrogen and oxygen atoms in total. The summed E-state index contributed by atoms with van der Waals surface area (Å²) < 4.78 is 10.8. The molecule has 4 rings (SSSR count). The summed E-state index contributed by atoms with van der Waals surface area (Å²) in [7, 11) is 0. The molecule has 0 amide bonds. The van der Waals surface area contributed by atoms with Crippen molar-refractivity contribution in [3.05, 3.63) is 70.0 Å². The summed E-state index contributed by atoms with van der Waals surface area (Å²) in [6.45, 7) is 0.131. The number of carbonyl (C=O) groups is 2. The van der Waals surface area contributed by atoms with Crippen molar-refractivity contribution in [1.82, 2.24) is 20.4 Å². The van der Waals surface area contributed by atoms with E-state index in [1.165, 1.54) is 0 Å². The lowest BCUT2D eigenvalue weighted by atomic mass is 10.1. The first-order chi connectivity index (χ1) is 17.4. The number of aromatic amines is 2. The van der Waals surface area contributed by atoms with Crippen molar-refractivity contribution in [1.29, 1.82) is 0 Å². The highest BCUT2D eigenvalue weighted by molar-refractivity contribution is 6.31. The monoisotopic (exact) mass is 530 g/mol. The smallest absolute Gasteiger partial charge is 0.331 e. The number of rotatable bonds is 10. The molecule has 0 spiro atoms. The van der Waals surface area contributed by atoms with Gasteiger partial charge in [-0.15, -0.1) is 0 Å². The number of carbonyl (C=O) groups excluding carboxylic acids is 2. The highest BCUT2D eigenvalue weighted by Gasteiger charge is 2.18. The minimum Gasteiger partial charge on any atom is -0.457 e. The van der Waals surface area contributed by atoms with Crippen LogP contribution in [0.15, 0.2) is 48.6 Å². The van der Waals surface area contributed by atoms with Gasteiger partial charge in [-0.25, -0.2) is 9.59 Å². The van der Waals surface area contributed by atoms with E-state index in [1.54, 1.807) is 24.3 Å². The number of nitrogens with zero attached hydrogens (tertiary/aromatic N) is 2. The summed E-state index contributed by atoms with van der Waals surface area (Å²) in [6, 6.07) is 10.7. The third-order valence-electron chi connectivity index (χ3n) is 5.50. The van der Waals surface area contributed by atoms with Crippen molar-refractivity contribution in [2.24, 2.45) is 11.5 Å². The molecule has 4 aromatic rings. The Morgan fingerprint density at radius 3 is 1.61 bits per heavy atom. The van der Waals surface area contributed by atoms with Gasteiger partial charge in [0.1, 0.15) is 12.2 Å². The number of H-pyrrole nitrogens is 2. The molecular formula is C24H24Cl2N6O4. The van der Waals surface area contributed by atoms with Crippen molar-refractivity contribution in [2.45, 2.75) is 25.0 Å². The number of hydrogen-bond acceptors (Lipinski definition) is 8. The van der Waals surface area contributed by atoms with Gasteiger partial charge in [0.15, 0.2) is 0 Å². The summed E-state index contributed by atoms with van der Waals surface area (Å²) in [4.78, 5) is 24.6. The summed E-state index contributed by atoms with van der Waals surface area (Å²) in [6.07, 6.45) is 1.22. The molecule has 2 aromatic carbocycles. The second-order valence-corrected chi connectivity index (χ2v) is 8.92. The Bertz CT molecular complexity index is 1310. The van der Waals surface area contributed by atoms with Crippen LogP contribution < -0.4 is 11.5 Å². The van der Waals surface area contributed by atoms with E-state index >= 15 is 0 Å². The first-order valence-electron chi connectivity index (χ1n) is 11.1. The first kappa shape index (κ1) is 25.6. The van der Waals surface area contributed by atoms with E-state index < -0.39 is 24.1 Å². The van der Waals surface area contributed by atoms with Gasteiger partial charge in [-0.05, 0) is 36.4 Å². The zero-order valence-corrected chi connectivity index (χ0v) is 20.6. The number of halogens is 2. The molecule has 0 aliphatic rings. The van der Waals surface area contributed by atoms with Crippen LogP contribution in [0.3, 0.4) is 0 Å². The van der Waals surface area contributed by atoms with Crippen LogP contribution in [-0.2, 0) is 31.9 Å². The average molecular weight is 531 g/mol. The van der Waals surface area contributed by atoms with E-state index in [0.29, 0.717) is 21.4 Å². The van der Waals surface area contributed by atoms with E-state index in [4.69, 9.17) is 44.1 Å². The number of fused-ring (bicyclic) bond motifs is 2. The fourth-order valence-corrected chi connectivity index (χ4v) is 4.06. The minimum absolute atomic E-state index is 0.0653. The van der Waals surface area contributed by atoms with Crippen LogP contribution in [0.2, 0.25) is 10.0 Å². The normalized spacial score (nSPS) is 13.3. The van der Waals surface area contributed by atoms with Crippen LogP contribution in [-0.4, -0.2) is 57.6 Å². The Balaban J connectivity index is 1.32. The Kier molecular flexibility index (Phi) is 8.21. The zero-order valence-electron chi connectivity index (χ0n) is 19.0. The second kappa shape index (κ2) is 11.5. The fourth-order valence-electron chi connectivity index (χ4n) is 3.71. The molecule has 2 heterocycles. The number of nitrogens with two attached hydrogens (primary N) is 2. The minimum atomic E-state index is -0.738. The first-order valence-corrected chi connectivity index (χ1v) is 11.9. The van der Waals surface area contributed by atoms with Crippen molar-refractivity contribution >= 4 is 56.9 Å². The molecule has 0 bridgehead atoms. The maximum atomic E-state index is 12.3. The Labute approximate surface area is 215 Å². The molecule has 0 radical (unpaired) electrons. The molecule has 2 unspecified atom stereocenters. The molecule has 2 atom stereocenters. The quantitative estimate of drug-likeness (QED) is 0.179. The third-order valence-corrected chi connectivity index (χ3v) is 5.97. The molecule has 6 N–H and O–H groups in total. The zero-order chi connectivity index (χ0) is 25.7. The summed E-state index contributed by atoms with van der Waals surface area (Å²) in [5.41, 5.74) is 14.5. The lowest BCUT2D eigenvalue weighted by molar-refractivity contribution is -0.145. The van der Waals surface area contributed by atoms with Crippen molar-refractivity contribution in [2.75, 3.05) is 13.1 Å². The van der Waals surface area contributed by atoms with Crippen LogP contribution >= 0.6 is 23.2 Å². The van der Waals surface area contributed by atoms with Gasteiger partial charge < -0.3 is 20.9 Å². The third kappa shape index (κ3) is 6.21. The maximum Gasteiger partial charge on any atom is 0.331 e. The van der Waals surface area contributed by atoms with Crippen molar-refractivity contribution in [3.63, 3.8) is 0 Å². The Hall–Kier alpha value is -3.44. The predicted molar refractivity (Wildman–Crippen MR) is 137 cm³/mol. The van der Waals surface area contributed by atoms with E-state index in [9.17, 15) is 9.59 Å². The SMILES string of the molecule is NCC(Cc1n[nH]c2ccc(Cl)cc12)OC(=O)/C=C/C(=O)OC(CN)Cc1n[nH]c2ccc(Cl)cc12. The molecule has 0 saturated heterocycles. The lowest BCUT2D eigenvalue weighted by Gasteiger charge is -2.15. The standard InChI is InChI=1S/C24H24Cl2N6O4/c25-13-1-3-19-17(7-13)21(31-29-19)9-15(11-27)35-23(33)5-6-24(34)36-16(12-28)10-22-18-8-14(26)2-4-20(18)30-32-22/h1-8,15-16H,9-12,27-28H2,(H,29,31)(H,30,32)/b6-5+. The largest absolute Gasteiger partial charge is 0.457 e. The van der Waals surface area contributed by atoms with Crippen LogP contribution in [0.5, 0.6) is 0 Å². The molecule has 0 saturated carbocycles. The van der Waals surface area contributed by atoms with Gasteiger partial charge in [-0.1, -0.05) is 23.2 Å². The van der Waals surface area contributed by atoms with E-state index in [0.717, 1.165) is 34.0 Å². The predicted octanol–water partition coefficient (Wildman–Crippen LogP) is 2.83. The molecule has 12 heteroatoms. The number of esters is 2. The van der Waals surface area contributed by atoms with Gasteiger partial charge in [-0.2, -0.15) is 10.2 Å². The maximum absolute atomic E-state index is 12.3. The molecule has 2 aromatic heterocycles. The average Bonchev–Trinajstić information content (AvgIpc) is 3.45. The second-order valence-electron chi connectivity index (χ2n) is 8.05. The number of ether oxygens (including phenoxy) is 2. The number of aromatic nitrogens is 4. The highest BCUT2D eigenvalue weighted by atomic mass is 35.5. The van der Waals surface area contributed by atoms with Crippen LogP contribution in [0.1, 0.15) is 11.4 Å².